The van der Waals surface area contributed by atoms with Crippen molar-refractivity contribution in [1.82, 2.24) is 5.32 Å². The molecule has 1 aliphatic rings. The van der Waals surface area contributed by atoms with Crippen LogP contribution < -0.4 is 5.32 Å². The second-order valence-electron chi connectivity index (χ2n) is 5.14. The van der Waals surface area contributed by atoms with Crippen LogP contribution in [-0.4, -0.2) is 45.4 Å². The number of nitrogens with one attached hydrogen (secondary N) is 1. The largest absolute Gasteiger partial charge is 0.383 e. The lowest BCUT2D eigenvalue weighted by molar-refractivity contribution is 0.0632. The van der Waals surface area contributed by atoms with Crippen LogP contribution in [0.4, 0.5) is 0 Å². The Hall–Kier alpha value is 0.170. The molecule has 1 unspecified atom stereocenters. The third kappa shape index (κ3) is 8.30. The summed E-state index contributed by atoms with van der Waals surface area (Å²) in [4.78, 5) is 0. The number of halogens is 1. The van der Waals surface area contributed by atoms with Crippen molar-refractivity contribution >= 4 is 11.6 Å². The molecule has 1 rings (SSSR count). The molecule has 1 N–H and O–H groups in total. The molecule has 1 atom stereocenters. The maximum Gasteiger partial charge on any atom is 0.0626 e. The van der Waals surface area contributed by atoms with Gasteiger partial charge in [-0.2, -0.15) is 0 Å². The maximum atomic E-state index is 6.05. The topological polar surface area (TPSA) is 30.5 Å². The molecule has 0 aromatic carbocycles. The quantitative estimate of drug-likeness (QED) is 0.492. The summed E-state index contributed by atoms with van der Waals surface area (Å²) in [6, 6.07) is 0. The van der Waals surface area contributed by atoms with Gasteiger partial charge in [0.05, 0.1) is 12.0 Å². The number of hydrogen-bond acceptors (Lipinski definition) is 3. The minimum absolute atomic E-state index is 0.143. The van der Waals surface area contributed by atoms with Gasteiger partial charge in [-0.15, -0.1) is 11.6 Å². The first kappa shape index (κ1) is 16.2. The molecule has 0 radical (unpaired) electrons. The van der Waals surface area contributed by atoms with Crippen molar-refractivity contribution in [2.45, 2.75) is 43.9 Å². The fourth-order valence-corrected chi connectivity index (χ4v) is 2.60. The highest BCUT2D eigenvalue weighted by molar-refractivity contribution is 6.20. The van der Waals surface area contributed by atoms with Crippen LogP contribution in [0.25, 0.3) is 0 Å². The summed E-state index contributed by atoms with van der Waals surface area (Å²) < 4.78 is 10.4. The van der Waals surface area contributed by atoms with E-state index in [9.17, 15) is 0 Å². The molecule has 1 saturated heterocycles. The van der Waals surface area contributed by atoms with E-state index in [0.717, 1.165) is 38.6 Å². The molecule has 18 heavy (non-hydrogen) atoms. The smallest absolute Gasteiger partial charge is 0.0626 e. The highest BCUT2D eigenvalue weighted by Crippen LogP contribution is 2.20. The molecule has 0 bridgehead atoms. The zero-order valence-corrected chi connectivity index (χ0v) is 12.4. The maximum absolute atomic E-state index is 6.05. The van der Waals surface area contributed by atoms with Crippen molar-refractivity contribution in [3.8, 4) is 0 Å². The van der Waals surface area contributed by atoms with Gasteiger partial charge in [0.25, 0.3) is 0 Å². The normalized spacial score (nSPS) is 19.0. The zero-order valence-electron chi connectivity index (χ0n) is 11.6. The molecule has 0 aliphatic carbocycles. The lowest BCUT2D eigenvalue weighted by Crippen LogP contribution is -2.21. The minimum atomic E-state index is 0.143. The van der Waals surface area contributed by atoms with Crippen LogP contribution in [0.2, 0.25) is 0 Å². The van der Waals surface area contributed by atoms with Crippen molar-refractivity contribution in [3.63, 3.8) is 0 Å². The Morgan fingerprint density at radius 3 is 2.78 bits per heavy atom. The number of hydrogen-bond donors (Lipinski definition) is 1. The zero-order chi connectivity index (χ0) is 13.1. The Balaban J connectivity index is 1.80. The van der Waals surface area contributed by atoms with E-state index in [2.05, 4.69) is 5.32 Å². The molecule has 1 heterocycles. The summed E-state index contributed by atoms with van der Waals surface area (Å²) in [5.74, 6) is 0.910. The second kappa shape index (κ2) is 11.0. The van der Waals surface area contributed by atoms with E-state index in [1.165, 1.54) is 32.1 Å². The third-order valence-electron chi connectivity index (χ3n) is 3.54. The predicted octanol–water partition coefficient (Wildman–Crippen LogP) is 2.82. The first-order valence-corrected chi connectivity index (χ1v) is 7.68. The van der Waals surface area contributed by atoms with Crippen molar-refractivity contribution in [2.24, 2.45) is 5.92 Å². The second-order valence-corrected chi connectivity index (χ2v) is 5.76. The number of unbranched alkanes of at least 4 members (excludes halogenated alkanes) is 1. The number of ether oxygens (including phenoxy) is 2. The molecular weight excluding hydrogens is 250 g/mol. The molecule has 0 aromatic rings. The average molecular weight is 278 g/mol. The molecule has 0 aromatic heterocycles. The average Bonchev–Trinajstić information content (AvgIpc) is 2.39. The Bertz CT molecular complexity index is 187. The molecule has 108 valence electrons. The molecule has 0 saturated carbocycles. The summed E-state index contributed by atoms with van der Waals surface area (Å²) in [5.41, 5.74) is 0. The van der Waals surface area contributed by atoms with E-state index in [1.807, 2.05) is 0 Å². The molecule has 0 spiro atoms. The van der Waals surface area contributed by atoms with Crippen LogP contribution in [0.1, 0.15) is 38.5 Å². The van der Waals surface area contributed by atoms with Gasteiger partial charge in [0.15, 0.2) is 0 Å². The van der Waals surface area contributed by atoms with Gasteiger partial charge in [-0.25, -0.2) is 0 Å². The highest BCUT2D eigenvalue weighted by atomic mass is 35.5. The van der Waals surface area contributed by atoms with E-state index in [0.29, 0.717) is 6.61 Å². The molecule has 3 nitrogen and oxygen atoms in total. The van der Waals surface area contributed by atoms with E-state index in [1.54, 1.807) is 7.11 Å². The fraction of sp³-hybridized carbons (Fsp3) is 1.00. The van der Waals surface area contributed by atoms with Crippen LogP contribution >= 0.6 is 11.6 Å². The SMILES string of the molecule is COCC(Cl)CCNCCCCC1CCOCC1. The van der Waals surface area contributed by atoms with Crippen LogP contribution in [-0.2, 0) is 9.47 Å². The molecular formula is C14H28ClNO2. The van der Waals surface area contributed by atoms with Crippen LogP contribution in [0.3, 0.4) is 0 Å². The fourth-order valence-electron chi connectivity index (χ4n) is 2.37. The lowest BCUT2D eigenvalue weighted by atomic mass is 9.94. The van der Waals surface area contributed by atoms with E-state index >= 15 is 0 Å². The van der Waals surface area contributed by atoms with Gasteiger partial charge in [-0.1, -0.05) is 12.8 Å². The van der Waals surface area contributed by atoms with Crippen LogP contribution in [0.5, 0.6) is 0 Å². The predicted molar refractivity (Wildman–Crippen MR) is 76.4 cm³/mol. The van der Waals surface area contributed by atoms with Gasteiger partial charge in [0.2, 0.25) is 0 Å². The van der Waals surface area contributed by atoms with Gasteiger partial charge < -0.3 is 14.8 Å². The minimum Gasteiger partial charge on any atom is -0.383 e. The Kier molecular flexibility index (Phi) is 9.95. The summed E-state index contributed by atoms with van der Waals surface area (Å²) in [6.45, 7) is 4.70. The van der Waals surface area contributed by atoms with E-state index < -0.39 is 0 Å². The standard InChI is InChI=1S/C14H28ClNO2/c1-17-12-14(15)5-9-16-8-3-2-4-13-6-10-18-11-7-13/h13-14,16H,2-12H2,1H3. The van der Waals surface area contributed by atoms with Crippen molar-refractivity contribution in [1.29, 1.82) is 0 Å². The van der Waals surface area contributed by atoms with Gasteiger partial charge in [-0.3, -0.25) is 0 Å². The summed E-state index contributed by atoms with van der Waals surface area (Å²) >= 11 is 6.05. The summed E-state index contributed by atoms with van der Waals surface area (Å²) in [7, 11) is 1.69. The van der Waals surface area contributed by atoms with Crippen molar-refractivity contribution in [2.75, 3.05) is 40.0 Å². The van der Waals surface area contributed by atoms with Crippen molar-refractivity contribution < 1.29 is 9.47 Å². The van der Waals surface area contributed by atoms with Gasteiger partial charge in [0.1, 0.15) is 0 Å². The lowest BCUT2D eigenvalue weighted by Gasteiger charge is -2.21. The molecule has 0 amide bonds. The Morgan fingerprint density at radius 1 is 1.28 bits per heavy atom. The van der Waals surface area contributed by atoms with Gasteiger partial charge in [0, 0.05) is 20.3 Å². The van der Waals surface area contributed by atoms with E-state index in [4.69, 9.17) is 21.1 Å². The van der Waals surface area contributed by atoms with Crippen LogP contribution in [0.15, 0.2) is 0 Å². The molecule has 4 heteroatoms. The van der Waals surface area contributed by atoms with Gasteiger partial charge in [-0.05, 0) is 44.7 Å². The van der Waals surface area contributed by atoms with Crippen LogP contribution in [0, 0.1) is 5.92 Å². The monoisotopic (exact) mass is 277 g/mol. The summed E-state index contributed by atoms with van der Waals surface area (Å²) in [5, 5.41) is 3.59. The molecule has 1 fully saturated rings. The highest BCUT2D eigenvalue weighted by Gasteiger charge is 2.12. The number of methoxy groups -OCH3 is 1. The van der Waals surface area contributed by atoms with E-state index in [-0.39, 0.29) is 5.38 Å². The Morgan fingerprint density at radius 2 is 2.06 bits per heavy atom. The number of rotatable bonds is 10. The van der Waals surface area contributed by atoms with Crippen molar-refractivity contribution in [3.05, 3.63) is 0 Å². The first-order chi connectivity index (χ1) is 8.83. The first-order valence-electron chi connectivity index (χ1n) is 7.24. The van der Waals surface area contributed by atoms with Gasteiger partial charge >= 0.3 is 0 Å². The number of alkyl halides is 1. The Labute approximate surface area is 117 Å². The third-order valence-corrected chi connectivity index (χ3v) is 3.88. The summed E-state index contributed by atoms with van der Waals surface area (Å²) in [6.07, 6.45) is 7.48. The molecule has 1 aliphatic heterocycles.